The maximum absolute atomic E-state index is 12.0. The number of likely N-dealkylation sites (tertiary alicyclic amines) is 1. The summed E-state index contributed by atoms with van der Waals surface area (Å²) in [4.78, 5) is 25.3. The Kier molecular flexibility index (Phi) is 4.34. The Morgan fingerprint density at radius 2 is 2.45 bits per heavy atom. The molecule has 0 spiro atoms. The van der Waals surface area contributed by atoms with E-state index in [4.69, 9.17) is 5.11 Å². The van der Waals surface area contributed by atoms with Crippen LogP contribution in [0.25, 0.3) is 11.0 Å². The SMILES string of the molecule is O=C(C=CCO)N1CCC[C@@H](Nc2ncnc3[nH]ccc23)C1. The van der Waals surface area contributed by atoms with Gasteiger partial charge >= 0.3 is 0 Å². The van der Waals surface area contributed by atoms with Gasteiger partial charge in [-0.2, -0.15) is 0 Å². The van der Waals surface area contributed by atoms with Gasteiger partial charge in [0.1, 0.15) is 17.8 Å². The monoisotopic (exact) mass is 301 g/mol. The number of aromatic amines is 1. The van der Waals surface area contributed by atoms with Crippen LogP contribution >= 0.6 is 0 Å². The molecule has 1 saturated heterocycles. The Hall–Kier alpha value is -2.41. The summed E-state index contributed by atoms with van der Waals surface area (Å²) in [6, 6.07) is 2.10. The van der Waals surface area contributed by atoms with Gasteiger partial charge in [-0.05, 0) is 18.9 Å². The van der Waals surface area contributed by atoms with Gasteiger partial charge in [-0.1, -0.05) is 6.08 Å². The second-order valence-corrected chi connectivity index (χ2v) is 5.31. The van der Waals surface area contributed by atoms with E-state index in [9.17, 15) is 4.79 Å². The number of hydrogen-bond donors (Lipinski definition) is 3. The molecular weight excluding hydrogens is 282 g/mol. The Morgan fingerprint density at radius 3 is 3.32 bits per heavy atom. The third-order valence-corrected chi connectivity index (χ3v) is 3.79. The van der Waals surface area contributed by atoms with E-state index < -0.39 is 0 Å². The molecule has 0 saturated carbocycles. The molecule has 22 heavy (non-hydrogen) atoms. The Morgan fingerprint density at radius 1 is 1.55 bits per heavy atom. The second kappa shape index (κ2) is 6.57. The minimum absolute atomic E-state index is 0.0602. The van der Waals surface area contributed by atoms with Crippen molar-refractivity contribution in [1.82, 2.24) is 19.9 Å². The lowest BCUT2D eigenvalue weighted by atomic mass is 10.1. The highest BCUT2D eigenvalue weighted by Crippen LogP contribution is 2.21. The number of carbonyl (C=O) groups excluding carboxylic acids is 1. The van der Waals surface area contributed by atoms with Crippen LogP contribution in [0.4, 0.5) is 5.82 Å². The number of aromatic nitrogens is 3. The maximum Gasteiger partial charge on any atom is 0.246 e. The first-order valence-corrected chi connectivity index (χ1v) is 7.39. The molecule has 3 heterocycles. The number of hydrogen-bond acceptors (Lipinski definition) is 5. The van der Waals surface area contributed by atoms with Gasteiger partial charge in [0.2, 0.25) is 5.91 Å². The molecule has 116 valence electrons. The summed E-state index contributed by atoms with van der Waals surface area (Å²) in [5.41, 5.74) is 0.798. The van der Waals surface area contributed by atoms with Crippen molar-refractivity contribution in [3.63, 3.8) is 0 Å². The lowest BCUT2D eigenvalue weighted by Gasteiger charge is -2.32. The molecule has 7 heteroatoms. The first kappa shape index (κ1) is 14.5. The predicted molar refractivity (Wildman–Crippen MR) is 83.3 cm³/mol. The number of aliphatic hydroxyl groups is 1. The highest BCUT2D eigenvalue weighted by Gasteiger charge is 2.23. The zero-order valence-corrected chi connectivity index (χ0v) is 12.2. The lowest BCUT2D eigenvalue weighted by molar-refractivity contribution is -0.127. The van der Waals surface area contributed by atoms with Crippen LogP contribution in [0.2, 0.25) is 0 Å². The minimum Gasteiger partial charge on any atom is -0.392 e. The highest BCUT2D eigenvalue weighted by molar-refractivity contribution is 5.88. The summed E-state index contributed by atoms with van der Waals surface area (Å²) in [5, 5.41) is 13.1. The third kappa shape index (κ3) is 3.09. The van der Waals surface area contributed by atoms with Gasteiger partial charge in [-0.15, -0.1) is 0 Å². The van der Waals surface area contributed by atoms with Crippen molar-refractivity contribution in [2.24, 2.45) is 0 Å². The van der Waals surface area contributed by atoms with E-state index in [1.807, 2.05) is 12.3 Å². The number of carbonyl (C=O) groups is 1. The summed E-state index contributed by atoms with van der Waals surface area (Å²) in [6.07, 6.45) is 8.18. The first-order chi connectivity index (χ1) is 10.8. The van der Waals surface area contributed by atoms with Crippen LogP contribution in [-0.4, -0.2) is 56.6 Å². The largest absolute Gasteiger partial charge is 0.392 e. The summed E-state index contributed by atoms with van der Waals surface area (Å²) in [6.45, 7) is 1.26. The molecule has 3 rings (SSSR count). The number of rotatable bonds is 4. The molecule has 3 N–H and O–H groups in total. The number of fused-ring (bicyclic) bond motifs is 1. The normalized spacial score (nSPS) is 19.0. The lowest BCUT2D eigenvalue weighted by Crippen LogP contribution is -2.44. The summed E-state index contributed by atoms with van der Waals surface area (Å²) >= 11 is 0. The molecule has 0 radical (unpaired) electrons. The third-order valence-electron chi connectivity index (χ3n) is 3.79. The fraction of sp³-hybridized carbons (Fsp3) is 0.400. The van der Waals surface area contributed by atoms with Gasteiger partial charge in [0.15, 0.2) is 0 Å². The van der Waals surface area contributed by atoms with Crippen LogP contribution in [0.15, 0.2) is 30.7 Å². The molecule has 2 aromatic rings. The van der Waals surface area contributed by atoms with Crippen molar-refractivity contribution in [3.05, 3.63) is 30.7 Å². The number of H-pyrrole nitrogens is 1. The molecule has 0 unspecified atom stereocenters. The van der Waals surface area contributed by atoms with E-state index in [0.29, 0.717) is 6.54 Å². The van der Waals surface area contributed by atoms with Gasteiger partial charge in [0.05, 0.1) is 12.0 Å². The zero-order valence-electron chi connectivity index (χ0n) is 12.2. The average molecular weight is 301 g/mol. The minimum atomic E-state index is -0.117. The summed E-state index contributed by atoms with van der Waals surface area (Å²) < 4.78 is 0. The van der Waals surface area contributed by atoms with E-state index in [2.05, 4.69) is 20.3 Å². The molecular formula is C15H19N5O2. The number of amides is 1. The van der Waals surface area contributed by atoms with Crippen molar-refractivity contribution >= 4 is 22.8 Å². The number of piperidine rings is 1. The molecule has 1 amide bonds. The van der Waals surface area contributed by atoms with Crippen LogP contribution in [0.1, 0.15) is 12.8 Å². The van der Waals surface area contributed by atoms with Crippen LogP contribution in [0.3, 0.4) is 0 Å². The number of nitrogens with one attached hydrogen (secondary N) is 2. The quantitative estimate of drug-likeness (QED) is 0.730. The van der Waals surface area contributed by atoms with E-state index in [1.54, 1.807) is 4.90 Å². The van der Waals surface area contributed by atoms with E-state index in [-0.39, 0.29) is 18.6 Å². The Balaban J connectivity index is 1.69. The average Bonchev–Trinajstić information content (AvgIpc) is 3.02. The van der Waals surface area contributed by atoms with Crippen molar-refractivity contribution in [1.29, 1.82) is 0 Å². The summed E-state index contributed by atoms with van der Waals surface area (Å²) in [5.74, 6) is 0.728. The van der Waals surface area contributed by atoms with Gasteiger partial charge in [0, 0.05) is 31.4 Å². The smallest absolute Gasteiger partial charge is 0.246 e. The Bertz CT molecular complexity index is 681. The molecule has 1 fully saturated rings. The number of anilines is 1. The van der Waals surface area contributed by atoms with Gasteiger partial charge < -0.3 is 20.3 Å². The van der Waals surface area contributed by atoms with Gasteiger partial charge in [-0.25, -0.2) is 9.97 Å². The van der Waals surface area contributed by atoms with Crippen LogP contribution in [-0.2, 0) is 4.79 Å². The van der Waals surface area contributed by atoms with Crippen molar-refractivity contribution in [2.45, 2.75) is 18.9 Å². The molecule has 1 atom stereocenters. The topological polar surface area (TPSA) is 94.1 Å². The zero-order chi connectivity index (χ0) is 15.4. The van der Waals surface area contributed by atoms with Crippen molar-refractivity contribution in [2.75, 3.05) is 25.0 Å². The Labute approximate surface area is 128 Å². The summed E-state index contributed by atoms with van der Waals surface area (Å²) in [7, 11) is 0. The van der Waals surface area contributed by atoms with Gasteiger partial charge in [0.25, 0.3) is 0 Å². The number of nitrogens with zero attached hydrogens (tertiary/aromatic N) is 3. The van der Waals surface area contributed by atoms with E-state index >= 15 is 0 Å². The van der Waals surface area contributed by atoms with E-state index in [1.165, 1.54) is 18.5 Å². The van der Waals surface area contributed by atoms with Crippen LogP contribution in [0.5, 0.6) is 0 Å². The fourth-order valence-electron chi connectivity index (χ4n) is 2.73. The molecule has 0 aromatic carbocycles. The molecule has 0 bridgehead atoms. The highest BCUT2D eigenvalue weighted by atomic mass is 16.2. The van der Waals surface area contributed by atoms with Crippen LogP contribution < -0.4 is 5.32 Å². The first-order valence-electron chi connectivity index (χ1n) is 7.39. The number of aliphatic hydroxyl groups excluding tert-OH is 1. The van der Waals surface area contributed by atoms with Crippen molar-refractivity contribution < 1.29 is 9.90 Å². The van der Waals surface area contributed by atoms with Gasteiger partial charge in [-0.3, -0.25) is 4.79 Å². The predicted octanol–water partition coefficient (Wildman–Crippen LogP) is 0.909. The molecule has 1 aliphatic heterocycles. The molecule has 2 aromatic heterocycles. The second-order valence-electron chi connectivity index (χ2n) is 5.31. The maximum atomic E-state index is 12.0. The van der Waals surface area contributed by atoms with Crippen molar-refractivity contribution in [3.8, 4) is 0 Å². The fourth-order valence-corrected chi connectivity index (χ4v) is 2.73. The molecule has 0 aliphatic carbocycles. The standard InChI is InChI=1S/C15H19N5O2/c21-8-2-4-13(22)20-7-1-3-11(9-20)19-15-12-5-6-16-14(12)17-10-18-15/h2,4-6,10-11,21H,1,3,7-9H2,(H2,16,17,18,19)/t11-/m1/s1. The molecule has 7 nitrogen and oxygen atoms in total. The molecule has 1 aliphatic rings. The van der Waals surface area contributed by atoms with E-state index in [0.717, 1.165) is 36.2 Å². The van der Waals surface area contributed by atoms with Crippen LogP contribution in [0, 0.1) is 0 Å².